The molecule has 2 N–H and O–H groups in total. The van der Waals surface area contributed by atoms with E-state index < -0.39 is 24.0 Å². The molecule has 3 amide bonds. The van der Waals surface area contributed by atoms with E-state index in [1.54, 1.807) is 49.4 Å². The molecule has 0 radical (unpaired) electrons. The predicted octanol–water partition coefficient (Wildman–Crippen LogP) is 3.59. The molecule has 0 spiro atoms. The number of hydrogen-bond acceptors (Lipinski definition) is 5. The Labute approximate surface area is 174 Å². The van der Waals surface area contributed by atoms with Crippen molar-refractivity contribution in [3.05, 3.63) is 77.9 Å². The summed E-state index contributed by atoms with van der Waals surface area (Å²) in [6, 6.07) is 18.7. The summed E-state index contributed by atoms with van der Waals surface area (Å²) >= 11 is 0. The molecule has 154 valence electrons. The van der Waals surface area contributed by atoms with Crippen molar-refractivity contribution >= 4 is 28.7 Å². The molecule has 0 aliphatic rings. The van der Waals surface area contributed by atoms with Crippen molar-refractivity contribution in [3.63, 3.8) is 0 Å². The van der Waals surface area contributed by atoms with E-state index in [2.05, 4.69) is 10.6 Å². The van der Waals surface area contributed by atoms with Gasteiger partial charge in [-0.25, -0.2) is 9.59 Å². The molecule has 0 saturated carbocycles. The third kappa shape index (κ3) is 4.75. The van der Waals surface area contributed by atoms with Crippen LogP contribution in [0.15, 0.2) is 66.7 Å². The lowest BCUT2D eigenvalue weighted by molar-refractivity contribution is -0.129. The van der Waals surface area contributed by atoms with Gasteiger partial charge in [0.1, 0.15) is 11.3 Å². The van der Waals surface area contributed by atoms with Gasteiger partial charge in [-0.1, -0.05) is 54.6 Å². The van der Waals surface area contributed by atoms with Crippen LogP contribution in [-0.2, 0) is 9.53 Å². The van der Waals surface area contributed by atoms with E-state index >= 15 is 0 Å². The smallest absolute Gasteiger partial charge is 0.343 e. The van der Waals surface area contributed by atoms with Crippen LogP contribution in [0.2, 0.25) is 0 Å². The third-order valence-corrected chi connectivity index (χ3v) is 4.43. The van der Waals surface area contributed by atoms with Gasteiger partial charge in [0.2, 0.25) is 6.10 Å². The normalized spacial score (nSPS) is 11.4. The summed E-state index contributed by atoms with van der Waals surface area (Å²) in [6.45, 7) is 2.08. The Bertz CT molecular complexity index is 1070. The zero-order valence-corrected chi connectivity index (χ0v) is 16.7. The highest BCUT2D eigenvalue weighted by Crippen LogP contribution is 2.28. The largest absolute Gasteiger partial charge is 0.496 e. The quantitative estimate of drug-likeness (QED) is 0.610. The minimum Gasteiger partial charge on any atom is -0.496 e. The van der Waals surface area contributed by atoms with Crippen molar-refractivity contribution in [3.8, 4) is 5.75 Å². The lowest BCUT2D eigenvalue weighted by Crippen LogP contribution is -2.42. The van der Waals surface area contributed by atoms with Crippen LogP contribution < -0.4 is 15.4 Å². The Kier molecular flexibility index (Phi) is 6.64. The molecule has 0 aliphatic heterocycles. The molecule has 0 heterocycles. The number of carbonyl (C=O) groups excluding carboxylic acids is 3. The van der Waals surface area contributed by atoms with Crippen molar-refractivity contribution < 1.29 is 23.9 Å². The molecule has 7 nitrogen and oxygen atoms in total. The maximum absolute atomic E-state index is 13.0. The molecule has 3 aromatic rings. The number of methoxy groups -OCH3 is 1. The van der Waals surface area contributed by atoms with Gasteiger partial charge in [0.15, 0.2) is 0 Å². The van der Waals surface area contributed by atoms with Crippen LogP contribution in [0.25, 0.3) is 10.8 Å². The first-order chi connectivity index (χ1) is 14.5. The van der Waals surface area contributed by atoms with Crippen molar-refractivity contribution in [1.82, 2.24) is 10.6 Å². The number of nitrogens with one attached hydrogen (secondary N) is 2. The van der Waals surface area contributed by atoms with E-state index in [0.29, 0.717) is 17.9 Å². The number of esters is 1. The van der Waals surface area contributed by atoms with Crippen LogP contribution in [0.1, 0.15) is 28.9 Å². The topological polar surface area (TPSA) is 93.7 Å². The summed E-state index contributed by atoms with van der Waals surface area (Å²) in [5.41, 5.74) is 0.621. The summed E-state index contributed by atoms with van der Waals surface area (Å²) in [5.74, 6) is -1.16. The Morgan fingerprint density at radius 2 is 1.57 bits per heavy atom. The predicted molar refractivity (Wildman–Crippen MR) is 112 cm³/mol. The molecule has 0 bridgehead atoms. The standard InChI is InChI=1S/C23H22N2O5/c1-3-24-23(28)25-21(26)20(15-9-5-4-6-10-15)30-22(27)18-13-16-11-7-8-12-17(16)14-19(18)29-2/h4-14,20H,3H2,1-2H3,(H2,24,25,26,28)/t20-/m1/s1. The van der Waals surface area contributed by atoms with Gasteiger partial charge in [-0.05, 0) is 29.8 Å². The van der Waals surface area contributed by atoms with Gasteiger partial charge in [-0.15, -0.1) is 0 Å². The highest BCUT2D eigenvalue weighted by atomic mass is 16.6. The number of amides is 3. The van der Waals surface area contributed by atoms with Crippen LogP contribution in [0.3, 0.4) is 0 Å². The zero-order valence-electron chi connectivity index (χ0n) is 16.7. The van der Waals surface area contributed by atoms with Crippen LogP contribution in [0.5, 0.6) is 5.75 Å². The van der Waals surface area contributed by atoms with Gasteiger partial charge in [-0.2, -0.15) is 0 Å². The second kappa shape index (κ2) is 9.56. The first-order valence-electron chi connectivity index (χ1n) is 9.45. The molecule has 0 aromatic heterocycles. The molecule has 3 aromatic carbocycles. The lowest BCUT2D eigenvalue weighted by Gasteiger charge is -2.18. The summed E-state index contributed by atoms with van der Waals surface area (Å²) in [7, 11) is 1.46. The SMILES string of the molecule is CCNC(=O)NC(=O)[C@H](OC(=O)c1cc2ccccc2cc1OC)c1ccccc1. The maximum atomic E-state index is 13.0. The van der Waals surface area contributed by atoms with Gasteiger partial charge in [0.25, 0.3) is 5.91 Å². The average Bonchev–Trinajstić information content (AvgIpc) is 2.76. The van der Waals surface area contributed by atoms with Gasteiger partial charge in [-0.3, -0.25) is 10.1 Å². The molecule has 3 rings (SSSR count). The van der Waals surface area contributed by atoms with Gasteiger partial charge in [0.05, 0.1) is 7.11 Å². The van der Waals surface area contributed by atoms with E-state index in [-0.39, 0.29) is 5.56 Å². The maximum Gasteiger partial charge on any atom is 0.343 e. The van der Waals surface area contributed by atoms with Crippen molar-refractivity contribution in [2.45, 2.75) is 13.0 Å². The minimum absolute atomic E-state index is 0.183. The molecule has 1 atom stereocenters. The fraction of sp³-hybridized carbons (Fsp3) is 0.174. The number of urea groups is 1. The van der Waals surface area contributed by atoms with Crippen LogP contribution in [0, 0.1) is 0 Å². The van der Waals surface area contributed by atoms with E-state index in [1.165, 1.54) is 7.11 Å². The molecule has 7 heteroatoms. The number of carbonyl (C=O) groups is 3. The number of fused-ring (bicyclic) bond motifs is 1. The number of imide groups is 1. The average molecular weight is 406 g/mol. The summed E-state index contributed by atoms with van der Waals surface area (Å²) in [4.78, 5) is 37.5. The molecular weight excluding hydrogens is 384 g/mol. The Hall–Kier alpha value is -3.87. The van der Waals surface area contributed by atoms with Crippen molar-refractivity contribution in [2.24, 2.45) is 0 Å². The van der Waals surface area contributed by atoms with E-state index in [4.69, 9.17) is 9.47 Å². The third-order valence-electron chi connectivity index (χ3n) is 4.43. The Morgan fingerprint density at radius 3 is 2.20 bits per heavy atom. The second-order valence-corrected chi connectivity index (χ2v) is 6.44. The van der Waals surface area contributed by atoms with Crippen LogP contribution >= 0.6 is 0 Å². The first kappa shape index (κ1) is 20.9. The van der Waals surface area contributed by atoms with Crippen LogP contribution in [0.4, 0.5) is 4.79 Å². The van der Waals surface area contributed by atoms with Crippen molar-refractivity contribution in [1.29, 1.82) is 0 Å². The molecule has 0 aliphatic carbocycles. The number of hydrogen-bond donors (Lipinski definition) is 2. The highest BCUT2D eigenvalue weighted by Gasteiger charge is 2.28. The number of benzene rings is 3. The van der Waals surface area contributed by atoms with Gasteiger partial charge >= 0.3 is 12.0 Å². The number of ether oxygens (including phenoxy) is 2. The molecular formula is C23H22N2O5. The van der Waals surface area contributed by atoms with E-state index in [1.807, 2.05) is 24.3 Å². The van der Waals surface area contributed by atoms with E-state index in [9.17, 15) is 14.4 Å². The Balaban J connectivity index is 1.92. The monoisotopic (exact) mass is 406 g/mol. The second-order valence-electron chi connectivity index (χ2n) is 6.44. The van der Waals surface area contributed by atoms with Gasteiger partial charge in [0, 0.05) is 12.1 Å². The summed E-state index contributed by atoms with van der Waals surface area (Å²) in [6.07, 6.45) is -1.31. The molecule has 0 unspecified atom stereocenters. The first-order valence-corrected chi connectivity index (χ1v) is 9.45. The fourth-order valence-electron chi connectivity index (χ4n) is 3.00. The van der Waals surface area contributed by atoms with E-state index in [0.717, 1.165) is 10.8 Å². The minimum atomic E-state index is -1.31. The zero-order chi connectivity index (χ0) is 21.5. The number of rotatable bonds is 6. The summed E-state index contributed by atoms with van der Waals surface area (Å²) in [5, 5.41) is 6.40. The molecule has 30 heavy (non-hydrogen) atoms. The Morgan fingerprint density at radius 1 is 0.933 bits per heavy atom. The molecule has 0 saturated heterocycles. The van der Waals surface area contributed by atoms with Crippen LogP contribution in [-0.4, -0.2) is 31.6 Å². The van der Waals surface area contributed by atoms with Crippen molar-refractivity contribution in [2.75, 3.05) is 13.7 Å². The highest BCUT2D eigenvalue weighted by molar-refractivity contribution is 6.01. The lowest BCUT2D eigenvalue weighted by atomic mass is 10.1. The molecule has 0 fully saturated rings. The summed E-state index contributed by atoms with van der Waals surface area (Å²) < 4.78 is 10.9. The fourth-order valence-corrected chi connectivity index (χ4v) is 3.00. The van der Waals surface area contributed by atoms with Gasteiger partial charge < -0.3 is 14.8 Å².